The van der Waals surface area contributed by atoms with Gasteiger partial charge in [-0.25, -0.2) is 0 Å². The highest BCUT2D eigenvalue weighted by Crippen LogP contribution is 2.41. The maximum atomic E-state index is 9.75. The Hall–Kier alpha value is -1.45. The standard InChI is InChI=1S/C16H18O2S/c1-12-3-5-13(6-4-12)16(2,11-17)19-15-9-7-14(18)8-10-15/h3-10,17-18H,11H2,1-2H3. The lowest BCUT2D eigenvalue weighted by molar-refractivity contribution is 0.258. The first-order chi connectivity index (χ1) is 9.03. The predicted molar refractivity (Wildman–Crippen MR) is 79.6 cm³/mol. The summed E-state index contributed by atoms with van der Waals surface area (Å²) in [6.07, 6.45) is 0. The van der Waals surface area contributed by atoms with Crippen LogP contribution in [0, 0.1) is 6.92 Å². The van der Waals surface area contributed by atoms with Gasteiger partial charge in [-0.2, -0.15) is 0 Å². The highest BCUT2D eigenvalue weighted by molar-refractivity contribution is 8.00. The fourth-order valence-corrected chi connectivity index (χ4v) is 2.97. The summed E-state index contributed by atoms with van der Waals surface area (Å²) >= 11 is 1.60. The van der Waals surface area contributed by atoms with Crippen molar-refractivity contribution in [2.24, 2.45) is 0 Å². The number of aliphatic hydroxyl groups is 1. The summed E-state index contributed by atoms with van der Waals surface area (Å²) in [5.74, 6) is 0.255. The Labute approximate surface area is 118 Å². The third kappa shape index (κ3) is 3.31. The second-order valence-corrected chi connectivity index (χ2v) is 6.43. The van der Waals surface area contributed by atoms with E-state index in [9.17, 15) is 10.2 Å². The minimum atomic E-state index is -0.384. The zero-order valence-corrected chi connectivity index (χ0v) is 11.9. The van der Waals surface area contributed by atoms with Crippen LogP contribution in [0.5, 0.6) is 5.75 Å². The Balaban J connectivity index is 2.27. The third-order valence-corrected chi connectivity index (χ3v) is 4.47. The van der Waals surface area contributed by atoms with Crippen molar-refractivity contribution in [2.45, 2.75) is 23.5 Å². The van der Waals surface area contributed by atoms with E-state index in [0.29, 0.717) is 0 Å². The number of thioether (sulfide) groups is 1. The molecule has 0 radical (unpaired) electrons. The van der Waals surface area contributed by atoms with Crippen molar-refractivity contribution in [2.75, 3.05) is 6.61 Å². The molecular formula is C16H18O2S. The quantitative estimate of drug-likeness (QED) is 0.835. The first-order valence-corrected chi connectivity index (χ1v) is 7.01. The lowest BCUT2D eigenvalue weighted by Crippen LogP contribution is -2.22. The molecule has 100 valence electrons. The molecule has 0 saturated heterocycles. The van der Waals surface area contributed by atoms with E-state index in [1.54, 1.807) is 23.9 Å². The van der Waals surface area contributed by atoms with Gasteiger partial charge in [-0.15, -0.1) is 11.8 Å². The van der Waals surface area contributed by atoms with E-state index in [4.69, 9.17) is 0 Å². The Bertz CT molecular complexity index is 534. The molecular weight excluding hydrogens is 256 g/mol. The number of aromatic hydroxyl groups is 1. The topological polar surface area (TPSA) is 40.5 Å². The molecule has 0 aliphatic rings. The van der Waals surface area contributed by atoms with Crippen molar-refractivity contribution < 1.29 is 10.2 Å². The summed E-state index contributed by atoms with van der Waals surface area (Å²) in [4.78, 5) is 1.02. The molecule has 0 amide bonds. The summed E-state index contributed by atoms with van der Waals surface area (Å²) in [7, 11) is 0. The Kier molecular flexibility index (Phi) is 4.17. The Morgan fingerprint density at radius 1 is 1.00 bits per heavy atom. The molecule has 2 nitrogen and oxygen atoms in total. The minimum absolute atomic E-state index is 0.0571. The van der Waals surface area contributed by atoms with E-state index in [2.05, 4.69) is 24.3 Å². The van der Waals surface area contributed by atoms with Gasteiger partial charge in [-0.3, -0.25) is 0 Å². The van der Waals surface area contributed by atoms with E-state index in [1.165, 1.54) is 5.56 Å². The molecule has 19 heavy (non-hydrogen) atoms. The van der Waals surface area contributed by atoms with Crippen LogP contribution in [0.3, 0.4) is 0 Å². The van der Waals surface area contributed by atoms with Crippen molar-refractivity contribution in [3.63, 3.8) is 0 Å². The molecule has 0 aromatic heterocycles. The van der Waals surface area contributed by atoms with Gasteiger partial charge in [0, 0.05) is 4.90 Å². The first kappa shape index (κ1) is 14.0. The van der Waals surface area contributed by atoms with Crippen molar-refractivity contribution >= 4 is 11.8 Å². The number of phenols is 1. The molecule has 2 rings (SSSR count). The van der Waals surface area contributed by atoms with Crippen LogP contribution in [0.1, 0.15) is 18.1 Å². The summed E-state index contributed by atoms with van der Waals surface area (Å²) in [5, 5.41) is 19.1. The van der Waals surface area contributed by atoms with Gasteiger partial charge in [0.15, 0.2) is 0 Å². The molecule has 0 spiro atoms. The number of phenolic OH excluding ortho intramolecular Hbond substituents is 1. The summed E-state index contributed by atoms with van der Waals surface area (Å²) in [6, 6.07) is 15.3. The Morgan fingerprint density at radius 3 is 2.11 bits per heavy atom. The van der Waals surface area contributed by atoms with Crippen molar-refractivity contribution in [1.82, 2.24) is 0 Å². The molecule has 0 aliphatic heterocycles. The number of aryl methyl sites for hydroxylation is 1. The second kappa shape index (κ2) is 5.68. The normalized spacial score (nSPS) is 14.1. The molecule has 3 heteroatoms. The van der Waals surface area contributed by atoms with E-state index in [-0.39, 0.29) is 17.1 Å². The van der Waals surface area contributed by atoms with Crippen LogP contribution in [0.2, 0.25) is 0 Å². The molecule has 2 aromatic rings. The Morgan fingerprint density at radius 2 is 1.58 bits per heavy atom. The smallest absolute Gasteiger partial charge is 0.115 e. The lowest BCUT2D eigenvalue weighted by Gasteiger charge is -2.27. The molecule has 0 saturated carbocycles. The zero-order valence-electron chi connectivity index (χ0n) is 11.1. The molecule has 0 fully saturated rings. The fraction of sp³-hybridized carbons (Fsp3) is 0.250. The molecule has 0 aliphatic carbocycles. The molecule has 0 bridgehead atoms. The third-order valence-electron chi connectivity index (χ3n) is 3.14. The van der Waals surface area contributed by atoms with Crippen LogP contribution in [-0.4, -0.2) is 16.8 Å². The number of hydrogen-bond acceptors (Lipinski definition) is 3. The zero-order chi connectivity index (χ0) is 13.9. The van der Waals surface area contributed by atoms with E-state index in [0.717, 1.165) is 10.5 Å². The number of benzene rings is 2. The highest BCUT2D eigenvalue weighted by atomic mass is 32.2. The van der Waals surface area contributed by atoms with Crippen LogP contribution in [0.15, 0.2) is 53.4 Å². The van der Waals surface area contributed by atoms with E-state index in [1.807, 2.05) is 26.0 Å². The fourth-order valence-electron chi connectivity index (χ4n) is 1.86. The van der Waals surface area contributed by atoms with Gasteiger partial charge in [0.25, 0.3) is 0 Å². The van der Waals surface area contributed by atoms with Crippen LogP contribution >= 0.6 is 11.8 Å². The highest BCUT2D eigenvalue weighted by Gasteiger charge is 2.27. The van der Waals surface area contributed by atoms with Crippen molar-refractivity contribution in [3.8, 4) is 5.75 Å². The van der Waals surface area contributed by atoms with Gasteiger partial charge < -0.3 is 10.2 Å². The molecule has 1 unspecified atom stereocenters. The molecule has 2 N–H and O–H groups in total. The predicted octanol–water partition coefficient (Wildman–Crippen LogP) is 3.70. The van der Waals surface area contributed by atoms with Crippen LogP contribution < -0.4 is 0 Å². The summed E-state index contributed by atoms with van der Waals surface area (Å²) < 4.78 is -0.384. The number of rotatable bonds is 4. The first-order valence-electron chi connectivity index (χ1n) is 6.19. The molecule has 2 aromatic carbocycles. The average molecular weight is 274 g/mol. The number of aliphatic hydroxyl groups excluding tert-OH is 1. The van der Waals surface area contributed by atoms with Gasteiger partial charge in [0.05, 0.1) is 11.4 Å². The van der Waals surface area contributed by atoms with Gasteiger partial charge in [0.2, 0.25) is 0 Å². The minimum Gasteiger partial charge on any atom is -0.508 e. The van der Waals surface area contributed by atoms with Gasteiger partial charge in [0.1, 0.15) is 5.75 Å². The summed E-state index contributed by atoms with van der Waals surface area (Å²) in [5.41, 5.74) is 2.30. The molecule has 0 heterocycles. The second-order valence-electron chi connectivity index (χ2n) is 4.85. The van der Waals surface area contributed by atoms with Gasteiger partial charge in [-0.1, -0.05) is 29.8 Å². The van der Waals surface area contributed by atoms with E-state index >= 15 is 0 Å². The maximum Gasteiger partial charge on any atom is 0.115 e. The van der Waals surface area contributed by atoms with Crippen LogP contribution in [0.25, 0.3) is 0 Å². The largest absolute Gasteiger partial charge is 0.508 e. The lowest BCUT2D eigenvalue weighted by atomic mass is 10.00. The average Bonchev–Trinajstić information content (AvgIpc) is 2.42. The number of hydrogen-bond donors (Lipinski definition) is 2. The summed E-state index contributed by atoms with van der Waals surface area (Å²) in [6.45, 7) is 4.13. The van der Waals surface area contributed by atoms with E-state index < -0.39 is 0 Å². The van der Waals surface area contributed by atoms with Crippen molar-refractivity contribution in [3.05, 3.63) is 59.7 Å². The monoisotopic (exact) mass is 274 g/mol. The molecule has 1 atom stereocenters. The van der Waals surface area contributed by atoms with Gasteiger partial charge >= 0.3 is 0 Å². The van der Waals surface area contributed by atoms with Crippen LogP contribution in [0.4, 0.5) is 0 Å². The van der Waals surface area contributed by atoms with Crippen molar-refractivity contribution in [1.29, 1.82) is 0 Å². The van der Waals surface area contributed by atoms with Crippen LogP contribution in [-0.2, 0) is 4.75 Å². The van der Waals surface area contributed by atoms with Gasteiger partial charge in [-0.05, 0) is 43.7 Å². The SMILES string of the molecule is Cc1ccc(C(C)(CO)Sc2ccc(O)cc2)cc1. The maximum absolute atomic E-state index is 9.75.